The molecule has 0 radical (unpaired) electrons. The Balaban J connectivity index is 1.90. The molecule has 28 heavy (non-hydrogen) atoms. The lowest BCUT2D eigenvalue weighted by Gasteiger charge is -2.13. The summed E-state index contributed by atoms with van der Waals surface area (Å²) in [6.07, 6.45) is -9.33. The average Bonchev–Trinajstić information content (AvgIpc) is 3.11. The highest BCUT2D eigenvalue weighted by Gasteiger charge is 2.35. The third-order valence-electron chi connectivity index (χ3n) is 3.81. The van der Waals surface area contributed by atoms with Gasteiger partial charge in [-0.15, -0.1) is 0 Å². The smallest absolute Gasteiger partial charge is 0.418 e. The molecule has 0 aliphatic carbocycles. The molecule has 2 aromatic carbocycles. The highest BCUT2D eigenvalue weighted by Crippen LogP contribution is 2.38. The van der Waals surface area contributed by atoms with E-state index in [4.69, 9.17) is 4.42 Å². The van der Waals surface area contributed by atoms with Crippen LogP contribution in [0.1, 0.15) is 21.7 Å². The largest absolute Gasteiger partial charge is 0.451 e. The second kappa shape index (κ2) is 7.06. The fourth-order valence-corrected chi connectivity index (χ4v) is 2.57. The number of hydrogen-bond donors (Lipinski definition) is 1. The number of halogens is 6. The number of rotatable bonds is 3. The van der Waals surface area contributed by atoms with Crippen LogP contribution in [0.15, 0.2) is 65.1 Å². The molecule has 3 aromatic rings. The van der Waals surface area contributed by atoms with E-state index in [9.17, 15) is 31.1 Å². The summed E-state index contributed by atoms with van der Waals surface area (Å²) in [5.41, 5.74) is -2.80. The second-order valence-corrected chi connectivity index (χ2v) is 5.70. The van der Waals surface area contributed by atoms with Crippen molar-refractivity contribution in [3.05, 3.63) is 77.6 Å². The molecule has 0 spiro atoms. The number of alkyl halides is 6. The molecule has 0 bridgehead atoms. The van der Waals surface area contributed by atoms with Gasteiger partial charge in [0.05, 0.1) is 16.8 Å². The van der Waals surface area contributed by atoms with Crippen molar-refractivity contribution >= 4 is 11.6 Å². The minimum Gasteiger partial charge on any atom is -0.451 e. The van der Waals surface area contributed by atoms with Crippen molar-refractivity contribution in [2.24, 2.45) is 0 Å². The van der Waals surface area contributed by atoms with Gasteiger partial charge in [0.25, 0.3) is 5.91 Å². The van der Waals surface area contributed by atoms with Gasteiger partial charge in [-0.1, -0.05) is 30.3 Å². The van der Waals surface area contributed by atoms with Crippen LogP contribution in [0.2, 0.25) is 0 Å². The van der Waals surface area contributed by atoms with Gasteiger partial charge in [0.2, 0.25) is 0 Å². The molecule has 0 atom stereocenters. The molecule has 0 aliphatic rings. The molecule has 1 aromatic heterocycles. The molecule has 1 amide bonds. The van der Waals surface area contributed by atoms with E-state index in [-0.39, 0.29) is 11.3 Å². The van der Waals surface area contributed by atoms with Gasteiger partial charge in [-0.05, 0) is 30.3 Å². The zero-order chi connectivity index (χ0) is 20.5. The molecule has 0 saturated carbocycles. The maximum Gasteiger partial charge on any atom is 0.418 e. The zero-order valence-corrected chi connectivity index (χ0v) is 13.9. The first-order valence-corrected chi connectivity index (χ1v) is 7.81. The standard InChI is InChI=1S/C19H11F6NO2/c20-18(21,22)12-6-2-1-5-11(12)15-9-10-16(28-15)17(27)26-14-8-4-3-7-13(14)19(23,24)25/h1-10H,(H,26,27). The molecule has 146 valence electrons. The minimum absolute atomic E-state index is 0.234. The van der Waals surface area contributed by atoms with E-state index in [2.05, 4.69) is 5.32 Å². The molecule has 0 unspecified atom stereocenters. The van der Waals surface area contributed by atoms with Crippen molar-refractivity contribution in [3.8, 4) is 11.3 Å². The van der Waals surface area contributed by atoms with Crippen molar-refractivity contribution in [1.29, 1.82) is 0 Å². The zero-order valence-electron chi connectivity index (χ0n) is 13.9. The van der Waals surface area contributed by atoms with Crippen molar-refractivity contribution < 1.29 is 35.6 Å². The Morgan fingerprint density at radius 2 is 1.32 bits per heavy atom. The Bertz CT molecular complexity index is 1000. The summed E-state index contributed by atoms with van der Waals surface area (Å²) in [5, 5.41) is 2.07. The number of amides is 1. The van der Waals surface area contributed by atoms with Gasteiger partial charge >= 0.3 is 12.4 Å². The van der Waals surface area contributed by atoms with Crippen LogP contribution < -0.4 is 5.32 Å². The topological polar surface area (TPSA) is 42.2 Å². The summed E-state index contributed by atoms with van der Waals surface area (Å²) < 4.78 is 83.5. The molecule has 3 nitrogen and oxygen atoms in total. The fraction of sp³-hybridized carbons (Fsp3) is 0.105. The summed E-state index contributed by atoms with van der Waals surface area (Å²) in [4.78, 5) is 12.2. The first-order chi connectivity index (χ1) is 13.1. The first kappa shape index (κ1) is 19.5. The van der Waals surface area contributed by atoms with E-state index < -0.39 is 40.8 Å². The lowest BCUT2D eigenvalue weighted by atomic mass is 10.1. The van der Waals surface area contributed by atoms with E-state index in [0.29, 0.717) is 0 Å². The van der Waals surface area contributed by atoms with Gasteiger partial charge in [-0.3, -0.25) is 4.79 Å². The van der Waals surface area contributed by atoms with Crippen LogP contribution in [-0.4, -0.2) is 5.91 Å². The van der Waals surface area contributed by atoms with E-state index in [0.717, 1.165) is 36.4 Å². The van der Waals surface area contributed by atoms with Gasteiger partial charge in [0, 0.05) is 5.56 Å². The highest BCUT2D eigenvalue weighted by molar-refractivity contribution is 6.03. The van der Waals surface area contributed by atoms with Gasteiger partial charge < -0.3 is 9.73 Å². The van der Waals surface area contributed by atoms with Gasteiger partial charge in [-0.25, -0.2) is 0 Å². The summed E-state index contributed by atoms with van der Waals surface area (Å²) >= 11 is 0. The maximum absolute atomic E-state index is 13.1. The van der Waals surface area contributed by atoms with Crippen molar-refractivity contribution in [1.82, 2.24) is 0 Å². The first-order valence-electron chi connectivity index (χ1n) is 7.81. The number of benzene rings is 2. The van der Waals surface area contributed by atoms with Crippen LogP contribution in [-0.2, 0) is 12.4 Å². The normalized spacial score (nSPS) is 12.1. The number of hydrogen-bond acceptors (Lipinski definition) is 2. The van der Waals surface area contributed by atoms with Crippen molar-refractivity contribution in [2.45, 2.75) is 12.4 Å². The molecule has 3 rings (SSSR count). The van der Waals surface area contributed by atoms with Crippen LogP contribution in [0.5, 0.6) is 0 Å². The van der Waals surface area contributed by atoms with Crippen molar-refractivity contribution in [2.75, 3.05) is 5.32 Å². The molecule has 1 N–H and O–H groups in total. The van der Waals surface area contributed by atoms with E-state index in [1.54, 1.807) is 0 Å². The quantitative estimate of drug-likeness (QED) is 0.530. The fourth-order valence-electron chi connectivity index (χ4n) is 2.57. The van der Waals surface area contributed by atoms with E-state index in [1.807, 2.05) is 0 Å². The molecule has 0 fully saturated rings. The highest BCUT2D eigenvalue weighted by atomic mass is 19.4. The predicted molar refractivity (Wildman–Crippen MR) is 88.5 cm³/mol. The molecular weight excluding hydrogens is 388 g/mol. The number of carbonyl (C=O) groups is 1. The average molecular weight is 399 g/mol. The van der Waals surface area contributed by atoms with Crippen LogP contribution in [0.3, 0.4) is 0 Å². The number of anilines is 1. The number of furan rings is 1. The Labute approximate surface area is 154 Å². The molecule has 0 saturated heterocycles. The SMILES string of the molecule is O=C(Nc1ccccc1C(F)(F)F)c1ccc(-c2ccccc2C(F)(F)F)o1. The lowest BCUT2D eigenvalue weighted by Crippen LogP contribution is -2.16. The van der Waals surface area contributed by atoms with Gasteiger partial charge in [-0.2, -0.15) is 26.3 Å². The molecule has 1 heterocycles. The lowest BCUT2D eigenvalue weighted by molar-refractivity contribution is -0.137. The predicted octanol–water partition coefficient (Wildman–Crippen LogP) is 6.24. The number of carbonyl (C=O) groups excluding carboxylic acids is 1. The minimum atomic E-state index is -4.69. The second-order valence-electron chi connectivity index (χ2n) is 5.70. The summed E-state index contributed by atoms with van der Waals surface area (Å²) in [5.74, 6) is -1.68. The van der Waals surface area contributed by atoms with Crippen LogP contribution >= 0.6 is 0 Å². The summed E-state index contributed by atoms with van der Waals surface area (Å²) in [7, 11) is 0. The van der Waals surface area contributed by atoms with Gasteiger partial charge in [0.15, 0.2) is 5.76 Å². The Morgan fingerprint density at radius 3 is 1.96 bits per heavy atom. The Morgan fingerprint density at radius 1 is 0.750 bits per heavy atom. The molecule has 9 heteroatoms. The third kappa shape index (κ3) is 4.03. The van der Waals surface area contributed by atoms with Crippen LogP contribution in [0.25, 0.3) is 11.3 Å². The summed E-state index contributed by atoms with van der Waals surface area (Å²) in [6.45, 7) is 0. The van der Waals surface area contributed by atoms with E-state index in [1.165, 1.54) is 24.3 Å². The van der Waals surface area contributed by atoms with E-state index >= 15 is 0 Å². The van der Waals surface area contributed by atoms with Crippen molar-refractivity contribution in [3.63, 3.8) is 0 Å². The number of para-hydroxylation sites is 1. The van der Waals surface area contributed by atoms with Gasteiger partial charge in [0.1, 0.15) is 5.76 Å². The molecule has 0 aliphatic heterocycles. The van der Waals surface area contributed by atoms with Crippen LogP contribution in [0, 0.1) is 0 Å². The van der Waals surface area contributed by atoms with Crippen LogP contribution in [0.4, 0.5) is 32.0 Å². The third-order valence-corrected chi connectivity index (χ3v) is 3.81. The molecular formula is C19H11F6NO2. The monoisotopic (exact) mass is 399 g/mol. The Kier molecular flexibility index (Phi) is 4.93. The Hall–Kier alpha value is -3.23. The number of nitrogens with one attached hydrogen (secondary N) is 1. The maximum atomic E-state index is 13.1. The summed E-state index contributed by atoms with van der Waals surface area (Å²) in [6, 6.07) is 11.2.